The lowest BCUT2D eigenvalue weighted by Crippen LogP contribution is -2.36. The van der Waals surface area contributed by atoms with Crippen molar-refractivity contribution < 1.29 is 4.79 Å². The Bertz CT molecular complexity index is 405. The predicted molar refractivity (Wildman–Crippen MR) is 80.9 cm³/mol. The highest BCUT2D eigenvalue weighted by molar-refractivity contribution is 5.92. The number of nitrogens with zero attached hydrogens (tertiary/aromatic N) is 3. The fraction of sp³-hybridized carbons (Fsp3) is 0.643. The van der Waals surface area contributed by atoms with Gasteiger partial charge in [-0.1, -0.05) is 6.92 Å². The fourth-order valence-electron chi connectivity index (χ4n) is 1.50. The first kappa shape index (κ1) is 16.4. The molecule has 0 saturated carbocycles. The van der Waals surface area contributed by atoms with Gasteiger partial charge in [-0.25, -0.2) is 0 Å². The molecule has 2 N–H and O–H groups in total. The van der Waals surface area contributed by atoms with Crippen molar-refractivity contribution in [2.24, 2.45) is 0 Å². The second-order valence-corrected chi connectivity index (χ2v) is 5.06. The van der Waals surface area contributed by atoms with Gasteiger partial charge in [0.15, 0.2) is 5.69 Å². The molecule has 1 amide bonds. The van der Waals surface area contributed by atoms with E-state index in [1.807, 2.05) is 7.05 Å². The summed E-state index contributed by atoms with van der Waals surface area (Å²) < 4.78 is 0. The van der Waals surface area contributed by atoms with Gasteiger partial charge in [0.1, 0.15) is 5.82 Å². The monoisotopic (exact) mass is 279 g/mol. The molecule has 1 aromatic heterocycles. The number of rotatable bonds is 8. The Morgan fingerprint density at radius 3 is 2.60 bits per heavy atom. The molecule has 20 heavy (non-hydrogen) atoms. The average Bonchev–Trinajstić information content (AvgIpc) is 2.45. The van der Waals surface area contributed by atoms with E-state index in [9.17, 15) is 4.79 Å². The molecule has 0 aliphatic carbocycles. The van der Waals surface area contributed by atoms with Crippen molar-refractivity contribution in [1.82, 2.24) is 20.4 Å². The standard InChI is InChI=1S/C14H25N5O/c1-5-8-15-13-7-6-12(17-18-13)14(20)16-9-10-19(4)11(2)3/h6-7,11H,5,8-10H2,1-4H3,(H,15,18)(H,16,20). The van der Waals surface area contributed by atoms with E-state index in [1.54, 1.807) is 12.1 Å². The summed E-state index contributed by atoms with van der Waals surface area (Å²) in [4.78, 5) is 14.0. The molecule has 1 heterocycles. The first-order valence-electron chi connectivity index (χ1n) is 7.10. The largest absolute Gasteiger partial charge is 0.369 e. The number of anilines is 1. The van der Waals surface area contributed by atoms with Crippen LogP contribution in [0.25, 0.3) is 0 Å². The zero-order valence-electron chi connectivity index (χ0n) is 12.8. The van der Waals surface area contributed by atoms with Crippen LogP contribution in [0.1, 0.15) is 37.7 Å². The molecular weight excluding hydrogens is 254 g/mol. The van der Waals surface area contributed by atoms with Gasteiger partial charge in [-0.15, -0.1) is 10.2 Å². The van der Waals surface area contributed by atoms with Crippen LogP contribution in [-0.2, 0) is 0 Å². The van der Waals surface area contributed by atoms with Crippen LogP contribution in [0.5, 0.6) is 0 Å². The zero-order valence-corrected chi connectivity index (χ0v) is 12.8. The fourth-order valence-corrected chi connectivity index (χ4v) is 1.50. The Hall–Kier alpha value is -1.69. The third-order valence-corrected chi connectivity index (χ3v) is 3.08. The number of aromatic nitrogens is 2. The molecule has 0 fully saturated rings. The number of likely N-dealkylation sites (N-methyl/N-ethyl adjacent to an activating group) is 1. The third-order valence-electron chi connectivity index (χ3n) is 3.08. The van der Waals surface area contributed by atoms with E-state index in [-0.39, 0.29) is 5.91 Å². The molecule has 0 bridgehead atoms. The summed E-state index contributed by atoms with van der Waals surface area (Å²) in [7, 11) is 2.03. The molecule has 1 aromatic rings. The van der Waals surface area contributed by atoms with Crippen LogP contribution < -0.4 is 10.6 Å². The first-order valence-corrected chi connectivity index (χ1v) is 7.10. The summed E-state index contributed by atoms with van der Waals surface area (Å²) in [5.74, 6) is 0.514. The number of carbonyl (C=O) groups is 1. The predicted octanol–water partition coefficient (Wildman–Crippen LogP) is 1.37. The van der Waals surface area contributed by atoms with E-state index in [4.69, 9.17) is 0 Å². The minimum absolute atomic E-state index is 0.184. The van der Waals surface area contributed by atoms with Crippen molar-refractivity contribution in [2.45, 2.75) is 33.2 Å². The molecule has 0 aliphatic heterocycles. The van der Waals surface area contributed by atoms with Gasteiger partial charge in [0, 0.05) is 25.7 Å². The quantitative estimate of drug-likeness (QED) is 0.752. The van der Waals surface area contributed by atoms with Crippen molar-refractivity contribution >= 4 is 11.7 Å². The molecule has 0 atom stereocenters. The van der Waals surface area contributed by atoms with Crippen molar-refractivity contribution in [2.75, 3.05) is 32.0 Å². The van der Waals surface area contributed by atoms with Gasteiger partial charge in [-0.05, 0) is 39.4 Å². The van der Waals surface area contributed by atoms with Crippen molar-refractivity contribution in [3.8, 4) is 0 Å². The summed E-state index contributed by atoms with van der Waals surface area (Å²) in [5, 5.41) is 13.9. The minimum atomic E-state index is -0.184. The molecule has 0 saturated heterocycles. The molecule has 0 unspecified atom stereocenters. The van der Waals surface area contributed by atoms with Gasteiger partial charge in [-0.2, -0.15) is 0 Å². The van der Waals surface area contributed by atoms with Crippen molar-refractivity contribution in [3.63, 3.8) is 0 Å². The molecule has 0 aliphatic rings. The Kier molecular flexibility index (Phi) is 6.93. The second-order valence-electron chi connectivity index (χ2n) is 5.06. The third kappa shape index (κ3) is 5.52. The van der Waals surface area contributed by atoms with E-state index >= 15 is 0 Å². The molecular formula is C14H25N5O. The van der Waals surface area contributed by atoms with E-state index in [0.29, 0.717) is 24.1 Å². The van der Waals surface area contributed by atoms with Crippen LogP contribution in [0.2, 0.25) is 0 Å². The van der Waals surface area contributed by atoms with E-state index < -0.39 is 0 Å². The molecule has 0 radical (unpaired) electrons. The summed E-state index contributed by atoms with van der Waals surface area (Å²) in [5.41, 5.74) is 0.347. The highest BCUT2D eigenvalue weighted by Crippen LogP contribution is 2.02. The second kappa shape index (κ2) is 8.47. The lowest BCUT2D eigenvalue weighted by Gasteiger charge is -2.20. The number of hydrogen-bond donors (Lipinski definition) is 2. The number of hydrogen-bond acceptors (Lipinski definition) is 5. The zero-order chi connectivity index (χ0) is 15.0. The van der Waals surface area contributed by atoms with Gasteiger partial charge >= 0.3 is 0 Å². The molecule has 0 aromatic carbocycles. The maximum Gasteiger partial charge on any atom is 0.271 e. The molecule has 6 nitrogen and oxygen atoms in total. The van der Waals surface area contributed by atoms with Gasteiger partial charge in [-0.3, -0.25) is 4.79 Å². The van der Waals surface area contributed by atoms with Crippen LogP contribution in [0, 0.1) is 0 Å². The van der Waals surface area contributed by atoms with Crippen LogP contribution in [0.3, 0.4) is 0 Å². The van der Waals surface area contributed by atoms with E-state index in [2.05, 4.69) is 46.5 Å². The Morgan fingerprint density at radius 1 is 1.30 bits per heavy atom. The first-order chi connectivity index (χ1) is 9.54. The number of amides is 1. The summed E-state index contributed by atoms with van der Waals surface area (Å²) in [6.07, 6.45) is 1.02. The van der Waals surface area contributed by atoms with E-state index in [1.165, 1.54) is 0 Å². The summed E-state index contributed by atoms with van der Waals surface area (Å²) >= 11 is 0. The normalized spacial score (nSPS) is 10.9. The Balaban J connectivity index is 2.39. The smallest absolute Gasteiger partial charge is 0.271 e. The van der Waals surface area contributed by atoms with Crippen LogP contribution in [0.15, 0.2) is 12.1 Å². The van der Waals surface area contributed by atoms with Crippen molar-refractivity contribution in [1.29, 1.82) is 0 Å². The number of nitrogens with one attached hydrogen (secondary N) is 2. The topological polar surface area (TPSA) is 70.2 Å². The van der Waals surface area contributed by atoms with Gasteiger partial charge in [0.05, 0.1) is 0 Å². The maximum absolute atomic E-state index is 11.9. The van der Waals surface area contributed by atoms with Gasteiger partial charge in [0.25, 0.3) is 5.91 Å². The van der Waals surface area contributed by atoms with Gasteiger partial charge in [0.2, 0.25) is 0 Å². The molecule has 0 spiro atoms. The minimum Gasteiger partial charge on any atom is -0.369 e. The molecule has 1 rings (SSSR count). The Morgan fingerprint density at radius 2 is 2.05 bits per heavy atom. The summed E-state index contributed by atoms with van der Waals surface area (Å²) in [6, 6.07) is 3.93. The SMILES string of the molecule is CCCNc1ccc(C(=O)NCCN(C)C(C)C)nn1. The van der Waals surface area contributed by atoms with Crippen LogP contribution in [-0.4, -0.2) is 53.7 Å². The summed E-state index contributed by atoms with van der Waals surface area (Å²) in [6.45, 7) is 8.58. The van der Waals surface area contributed by atoms with Crippen molar-refractivity contribution in [3.05, 3.63) is 17.8 Å². The maximum atomic E-state index is 11.9. The van der Waals surface area contributed by atoms with Crippen LogP contribution >= 0.6 is 0 Å². The lowest BCUT2D eigenvalue weighted by atomic mass is 10.3. The molecule has 112 valence electrons. The highest BCUT2D eigenvalue weighted by Gasteiger charge is 2.08. The van der Waals surface area contributed by atoms with Gasteiger partial charge < -0.3 is 15.5 Å². The average molecular weight is 279 g/mol. The Labute approximate surface area is 121 Å². The molecule has 6 heteroatoms. The van der Waals surface area contributed by atoms with E-state index in [0.717, 1.165) is 19.5 Å². The highest BCUT2D eigenvalue weighted by atomic mass is 16.1. The number of carbonyl (C=O) groups excluding carboxylic acids is 1. The lowest BCUT2D eigenvalue weighted by molar-refractivity contribution is 0.0942. The van der Waals surface area contributed by atoms with Crippen LogP contribution in [0.4, 0.5) is 5.82 Å².